The molecule has 0 atom stereocenters. The van der Waals surface area contributed by atoms with Gasteiger partial charge in [-0.3, -0.25) is 4.79 Å². The van der Waals surface area contributed by atoms with E-state index >= 15 is 0 Å². The number of hydrogen-bond donors (Lipinski definition) is 1. The Morgan fingerprint density at radius 3 is 2.36 bits per heavy atom. The van der Waals surface area contributed by atoms with E-state index in [9.17, 15) is 13.2 Å². The fourth-order valence-corrected chi connectivity index (χ4v) is 4.54. The van der Waals surface area contributed by atoms with E-state index in [1.54, 1.807) is 12.1 Å². The first kappa shape index (κ1) is 20.4. The molecule has 1 aliphatic heterocycles. The Morgan fingerprint density at radius 1 is 1.04 bits per heavy atom. The van der Waals surface area contributed by atoms with Crippen molar-refractivity contribution in [3.8, 4) is 5.75 Å². The Labute approximate surface area is 166 Å². The maximum absolute atomic E-state index is 12.9. The number of carbonyl (C=O) groups excluding carboxylic acids is 1. The summed E-state index contributed by atoms with van der Waals surface area (Å²) in [5.41, 5.74) is 1.21. The van der Waals surface area contributed by atoms with Crippen LogP contribution < -0.4 is 9.46 Å². The van der Waals surface area contributed by atoms with Crippen LogP contribution in [0.3, 0.4) is 0 Å². The molecule has 0 unspecified atom stereocenters. The lowest BCUT2D eigenvalue weighted by molar-refractivity contribution is 0.0761. The third kappa shape index (κ3) is 4.91. The predicted octanol–water partition coefficient (Wildman–Crippen LogP) is 3.19. The second kappa shape index (κ2) is 9.21. The quantitative estimate of drug-likeness (QED) is 0.805. The molecule has 3 rings (SSSR count). The largest absolute Gasteiger partial charge is 0.495 e. The van der Waals surface area contributed by atoms with Crippen LogP contribution in [0.5, 0.6) is 5.75 Å². The summed E-state index contributed by atoms with van der Waals surface area (Å²) < 4.78 is 33.6. The van der Waals surface area contributed by atoms with E-state index in [4.69, 9.17) is 4.74 Å². The van der Waals surface area contributed by atoms with Crippen molar-refractivity contribution in [3.05, 3.63) is 59.7 Å². The average molecular weight is 403 g/mol. The highest BCUT2D eigenvalue weighted by atomic mass is 32.2. The van der Waals surface area contributed by atoms with Crippen LogP contribution in [0.15, 0.2) is 53.4 Å². The summed E-state index contributed by atoms with van der Waals surface area (Å²) >= 11 is 0. The first-order valence-corrected chi connectivity index (χ1v) is 11.0. The van der Waals surface area contributed by atoms with Crippen molar-refractivity contribution in [2.45, 2.75) is 37.1 Å². The number of benzene rings is 2. The molecule has 2 aromatic carbocycles. The number of amides is 1. The second-order valence-electron chi connectivity index (χ2n) is 6.88. The molecule has 1 amide bonds. The molecule has 1 saturated heterocycles. The van der Waals surface area contributed by atoms with Gasteiger partial charge in [-0.2, -0.15) is 0 Å². The van der Waals surface area contributed by atoms with Crippen LogP contribution in [0.2, 0.25) is 0 Å². The number of nitrogens with one attached hydrogen (secondary N) is 1. The molecule has 0 aromatic heterocycles. The number of ether oxygens (including phenoxy) is 1. The van der Waals surface area contributed by atoms with Crippen LogP contribution in [0.4, 0.5) is 0 Å². The highest BCUT2D eigenvalue weighted by Gasteiger charge is 2.24. The molecular weight excluding hydrogens is 376 g/mol. The number of sulfonamides is 1. The number of rotatable bonds is 6. The highest BCUT2D eigenvalue weighted by Crippen LogP contribution is 2.26. The normalized spacial score (nSPS) is 15.1. The maximum atomic E-state index is 12.9. The van der Waals surface area contributed by atoms with E-state index in [1.807, 2.05) is 35.2 Å². The lowest BCUT2D eigenvalue weighted by Gasteiger charge is -2.21. The van der Waals surface area contributed by atoms with Gasteiger partial charge in [0.25, 0.3) is 5.91 Å². The first-order valence-electron chi connectivity index (χ1n) is 9.52. The van der Waals surface area contributed by atoms with E-state index in [0.29, 0.717) is 18.7 Å². The summed E-state index contributed by atoms with van der Waals surface area (Å²) in [7, 11) is -2.42. The molecule has 0 saturated carbocycles. The van der Waals surface area contributed by atoms with Gasteiger partial charge in [-0.1, -0.05) is 43.2 Å². The van der Waals surface area contributed by atoms with Gasteiger partial charge in [0.2, 0.25) is 10.0 Å². The number of methoxy groups -OCH3 is 1. The predicted molar refractivity (Wildman–Crippen MR) is 108 cm³/mol. The summed E-state index contributed by atoms with van der Waals surface area (Å²) in [6.07, 6.45) is 4.20. The van der Waals surface area contributed by atoms with Gasteiger partial charge in [0.05, 0.1) is 7.11 Å². The molecule has 0 radical (unpaired) electrons. The summed E-state index contributed by atoms with van der Waals surface area (Å²) in [6, 6.07) is 13.9. The summed E-state index contributed by atoms with van der Waals surface area (Å²) in [5.74, 6) is 0.0806. The van der Waals surface area contributed by atoms with Gasteiger partial charge in [0.15, 0.2) is 0 Å². The van der Waals surface area contributed by atoms with Gasteiger partial charge < -0.3 is 9.64 Å². The Kier molecular flexibility index (Phi) is 6.70. The van der Waals surface area contributed by atoms with E-state index in [-0.39, 0.29) is 23.1 Å². The molecule has 150 valence electrons. The van der Waals surface area contributed by atoms with Crippen molar-refractivity contribution in [2.24, 2.45) is 0 Å². The lowest BCUT2D eigenvalue weighted by Crippen LogP contribution is -2.32. The SMILES string of the molecule is COc1ccc(C(=O)N2CCCCCC2)cc1S(=O)(=O)NCc1ccccc1. The zero-order chi connectivity index (χ0) is 20.0. The van der Waals surface area contributed by atoms with Crippen LogP contribution in [0.25, 0.3) is 0 Å². The number of hydrogen-bond acceptors (Lipinski definition) is 4. The molecule has 1 heterocycles. The molecule has 1 fully saturated rings. The molecule has 28 heavy (non-hydrogen) atoms. The lowest BCUT2D eigenvalue weighted by atomic mass is 10.2. The van der Waals surface area contributed by atoms with E-state index in [1.165, 1.54) is 13.2 Å². The van der Waals surface area contributed by atoms with E-state index in [2.05, 4.69) is 4.72 Å². The van der Waals surface area contributed by atoms with Gasteiger partial charge in [0.1, 0.15) is 10.6 Å². The fourth-order valence-electron chi connectivity index (χ4n) is 3.33. The van der Waals surface area contributed by atoms with E-state index < -0.39 is 10.0 Å². The third-order valence-corrected chi connectivity index (χ3v) is 6.32. The molecule has 0 spiro atoms. The molecule has 0 aliphatic carbocycles. The average Bonchev–Trinajstić information content (AvgIpc) is 3.01. The smallest absolute Gasteiger partial charge is 0.253 e. The van der Waals surface area contributed by atoms with Crippen molar-refractivity contribution in [2.75, 3.05) is 20.2 Å². The van der Waals surface area contributed by atoms with Gasteiger partial charge in [-0.25, -0.2) is 13.1 Å². The topological polar surface area (TPSA) is 75.7 Å². The Balaban J connectivity index is 1.84. The van der Waals surface area contributed by atoms with Crippen LogP contribution in [-0.4, -0.2) is 39.4 Å². The summed E-state index contributed by atoms with van der Waals surface area (Å²) in [4.78, 5) is 14.7. The zero-order valence-corrected chi connectivity index (χ0v) is 16.9. The molecule has 7 heteroatoms. The second-order valence-corrected chi connectivity index (χ2v) is 8.62. The molecule has 1 N–H and O–H groups in total. The minimum atomic E-state index is -3.84. The minimum Gasteiger partial charge on any atom is -0.495 e. The van der Waals surface area contributed by atoms with Gasteiger partial charge in [0, 0.05) is 25.2 Å². The molecule has 6 nitrogen and oxygen atoms in total. The van der Waals surface area contributed by atoms with Crippen LogP contribution in [0, 0.1) is 0 Å². The van der Waals surface area contributed by atoms with Crippen LogP contribution in [0.1, 0.15) is 41.6 Å². The third-order valence-electron chi connectivity index (χ3n) is 4.90. The Hall–Kier alpha value is -2.38. The Bertz CT molecular complexity index is 905. The van der Waals surface area contributed by atoms with Crippen molar-refractivity contribution in [3.63, 3.8) is 0 Å². The van der Waals surface area contributed by atoms with Crippen molar-refractivity contribution >= 4 is 15.9 Å². The molecule has 2 aromatic rings. The molecular formula is C21H26N2O4S. The Morgan fingerprint density at radius 2 is 1.71 bits per heavy atom. The fraction of sp³-hybridized carbons (Fsp3) is 0.381. The molecule has 0 bridgehead atoms. The monoisotopic (exact) mass is 402 g/mol. The summed E-state index contributed by atoms with van der Waals surface area (Å²) in [6.45, 7) is 1.58. The van der Waals surface area contributed by atoms with E-state index in [0.717, 1.165) is 31.2 Å². The van der Waals surface area contributed by atoms with Crippen molar-refractivity contribution < 1.29 is 17.9 Å². The first-order chi connectivity index (χ1) is 13.5. The number of likely N-dealkylation sites (tertiary alicyclic amines) is 1. The van der Waals surface area contributed by atoms with Crippen molar-refractivity contribution in [1.29, 1.82) is 0 Å². The van der Waals surface area contributed by atoms with Crippen LogP contribution >= 0.6 is 0 Å². The molecule has 1 aliphatic rings. The number of nitrogens with zero attached hydrogens (tertiary/aromatic N) is 1. The van der Waals surface area contributed by atoms with Gasteiger partial charge in [-0.05, 0) is 36.6 Å². The standard InChI is InChI=1S/C21H26N2O4S/c1-27-19-12-11-18(21(24)23-13-7-2-3-8-14-23)15-20(19)28(25,26)22-16-17-9-5-4-6-10-17/h4-6,9-12,15,22H,2-3,7-8,13-14,16H2,1H3. The zero-order valence-electron chi connectivity index (χ0n) is 16.1. The number of carbonyl (C=O) groups is 1. The van der Waals surface area contributed by atoms with Crippen LogP contribution in [-0.2, 0) is 16.6 Å². The maximum Gasteiger partial charge on any atom is 0.253 e. The highest BCUT2D eigenvalue weighted by molar-refractivity contribution is 7.89. The van der Waals surface area contributed by atoms with Gasteiger partial charge in [-0.15, -0.1) is 0 Å². The van der Waals surface area contributed by atoms with Crippen molar-refractivity contribution in [1.82, 2.24) is 9.62 Å². The minimum absolute atomic E-state index is 0.0217. The summed E-state index contributed by atoms with van der Waals surface area (Å²) in [5, 5.41) is 0. The van der Waals surface area contributed by atoms with Gasteiger partial charge >= 0.3 is 0 Å².